The van der Waals surface area contributed by atoms with Gasteiger partial charge in [0.25, 0.3) is 0 Å². The number of likely N-dealkylation sites (N-methyl/N-ethyl adjacent to an activating group) is 1. The number of fused-ring (bicyclic) bond motifs is 1. The molecule has 0 N–H and O–H groups in total. The van der Waals surface area contributed by atoms with Gasteiger partial charge in [0.2, 0.25) is 0 Å². The van der Waals surface area contributed by atoms with Gasteiger partial charge in [-0.25, -0.2) is 4.39 Å². The average molecular weight is 489 g/mol. The second kappa shape index (κ2) is 10.8. The van der Waals surface area contributed by atoms with Crippen LogP contribution < -0.4 is 9.58 Å². The Hall–Kier alpha value is -3.23. The molecule has 36 heavy (non-hydrogen) atoms. The fourth-order valence-electron chi connectivity index (χ4n) is 5.14. The molecule has 4 aliphatic rings. The van der Waals surface area contributed by atoms with Crippen LogP contribution in [0.25, 0.3) is 5.57 Å². The molecule has 188 valence electrons. The second-order valence-electron chi connectivity index (χ2n) is 9.82. The van der Waals surface area contributed by atoms with Crippen molar-refractivity contribution in [3.8, 4) is 0 Å². The Morgan fingerprint density at radius 2 is 1.92 bits per heavy atom. The first kappa shape index (κ1) is 24.5. The number of anilines is 1. The molecule has 0 radical (unpaired) electrons. The van der Waals surface area contributed by atoms with Gasteiger partial charge in [0, 0.05) is 63.2 Å². The number of rotatable bonds is 4. The number of piperazine rings is 1. The van der Waals surface area contributed by atoms with Gasteiger partial charge in [0.05, 0.1) is 17.5 Å². The van der Waals surface area contributed by atoms with E-state index in [0.29, 0.717) is 17.3 Å². The first-order chi connectivity index (χ1) is 17.5. The largest absolute Gasteiger partial charge is 0.365 e. The third-order valence-corrected chi connectivity index (χ3v) is 7.49. The molecule has 5 rings (SSSR count). The molecule has 0 amide bonds. The van der Waals surface area contributed by atoms with E-state index in [1.165, 1.54) is 45.1 Å². The molecular weight excluding hydrogens is 453 g/mol. The van der Waals surface area contributed by atoms with E-state index in [9.17, 15) is 4.39 Å². The van der Waals surface area contributed by atoms with Crippen LogP contribution in [0, 0.1) is 0 Å². The number of hydrogen-bond donors (Lipinski definition) is 0. The molecule has 4 heterocycles. The van der Waals surface area contributed by atoms with Crippen LogP contribution in [0.5, 0.6) is 0 Å². The second-order valence-corrected chi connectivity index (χ2v) is 9.82. The summed E-state index contributed by atoms with van der Waals surface area (Å²) in [6, 6.07) is 0.691. The summed E-state index contributed by atoms with van der Waals surface area (Å²) < 4.78 is 15.8. The van der Waals surface area contributed by atoms with Crippen molar-refractivity contribution < 1.29 is 9.07 Å². The number of aromatic nitrogens is 2. The van der Waals surface area contributed by atoms with E-state index in [-0.39, 0.29) is 5.83 Å². The molecule has 0 spiro atoms. The molecule has 0 bridgehead atoms. The van der Waals surface area contributed by atoms with Gasteiger partial charge in [-0.3, -0.25) is 9.89 Å². The topological polar surface area (TPSA) is 51.2 Å². The Kier molecular flexibility index (Phi) is 7.34. The van der Waals surface area contributed by atoms with Crippen LogP contribution in [0.3, 0.4) is 0 Å². The number of nitrogens with zero attached hydrogens (tertiary/aromatic N) is 7. The average Bonchev–Trinajstić information content (AvgIpc) is 3.33. The van der Waals surface area contributed by atoms with Crippen LogP contribution >= 0.6 is 0 Å². The predicted octanol–water partition coefficient (Wildman–Crippen LogP) is 3.53. The summed E-state index contributed by atoms with van der Waals surface area (Å²) >= 11 is 0. The standard InChI is InChI=1S/C28H35FN7/c1-4-22-5-6-23(17-27(22)29)30-10-7-21(2)26-19-32-36-20-25(18-31-28(26)36)34-11-8-24(9-12-34)35-15-13-33(3)14-16-35/h4-7,10,17-20,24H,8-9,11-16H2,1-3H3/q+1/b22-4-. The van der Waals surface area contributed by atoms with Crippen LogP contribution in [-0.4, -0.2) is 79.1 Å². The Morgan fingerprint density at radius 1 is 1.14 bits per heavy atom. The first-order valence-corrected chi connectivity index (χ1v) is 12.8. The van der Waals surface area contributed by atoms with Gasteiger partial charge in [-0.1, -0.05) is 21.9 Å². The SMILES string of the molecule is C/C=C1/C=CC(=N/C=C\C(C)=C2\C=N[n+]3cc(N4CCC(N5CCN(C)CC5)CC4)cnc32)C=C1F. The zero-order chi connectivity index (χ0) is 25.1. The van der Waals surface area contributed by atoms with Crippen molar-refractivity contribution in [3.05, 3.63) is 71.8 Å². The van der Waals surface area contributed by atoms with E-state index < -0.39 is 0 Å². The van der Waals surface area contributed by atoms with Crippen LogP contribution in [0.2, 0.25) is 0 Å². The number of allylic oxidation sites excluding steroid dienone is 9. The van der Waals surface area contributed by atoms with Gasteiger partial charge >= 0.3 is 5.82 Å². The Morgan fingerprint density at radius 3 is 2.64 bits per heavy atom. The smallest absolute Gasteiger partial charge is 0.357 e. The number of halogens is 1. The molecule has 8 heteroatoms. The van der Waals surface area contributed by atoms with Crippen molar-refractivity contribution in [2.45, 2.75) is 32.7 Å². The molecule has 1 aromatic heterocycles. The zero-order valence-corrected chi connectivity index (χ0v) is 21.4. The summed E-state index contributed by atoms with van der Waals surface area (Å²) in [6.45, 7) is 10.6. The van der Waals surface area contributed by atoms with Crippen molar-refractivity contribution in [2.75, 3.05) is 51.2 Å². The van der Waals surface area contributed by atoms with E-state index in [0.717, 1.165) is 35.7 Å². The summed E-state index contributed by atoms with van der Waals surface area (Å²) in [7, 11) is 2.21. The lowest BCUT2D eigenvalue weighted by molar-refractivity contribution is -0.679. The number of piperidine rings is 1. The third-order valence-electron chi connectivity index (χ3n) is 7.49. The minimum Gasteiger partial charge on any atom is -0.365 e. The van der Waals surface area contributed by atoms with E-state index >= 15 is 0 Å². The summed E-state index contributed by atoms with van der Waals surface area (Å²) in [5, 5.41) is 4.56. The summed E-state index contributed by atoms with van der Waals surface area (Å²) in [5.41, 5.74) is 4.25. The third kappa shape index (κ3) is 5.29. The van der Waals surface area contributed by atoms with Gasteiger partial charge in [-0.15, -0.1) is 0 Å². The highest BCUT2D eigenvalue weighted by Crippen LogP contribution is 2.24. The summed E-state index contributed by atoms with van der Waals surface area (Å²) in [4.78, 5) is 16.6. The van der Waals surface area contributed by atoms with E-state index in [4.69, 9.17) is 4.98 Å². The molecule has 0 unspecified atom stereocenters. The van der Waals surface area contributed by atoms with Gasteiger partial charge in [0.15, 0.2) is 6.20 Å². The van der Waals surface area contributed by atoms with E-state index in [1.54, 1.807) is 18.4 Å². The van der Waals surface area contributed by atoms with Crippen LogP contribution in [0.4, 0.5) is 10.1 Å². The lowest BCUT2D eigenvalue weighted by Gasteiger charge is -2.42. The number of hydrogen-bond acceptors (Lipinski definition) is 6. The minimum atomic E-state index is -0.265. The van der Waals surface area contributed by atoms with Crippen molar-refractivity contribution in [1.82, 2.24) is 14.8 Å². The van der Waals surface area contributed by atoms with Gasteiger partial charge in [-0.2, -0.15) is 0 Å². The highest BCUT2D eigenvalue weighted by atomic mass is 19.1. The maximum absolute atomic E-state index is 14.0. The fourth-order valence-corrected chi connectivity index (χ4v) is 5.14. The molecule has 0 saturated carbocycles. The quantitative estimate of drug-likeness (QED) is 0.609. The Bertz CT molecular complexity index is 1200. The Balaban J connectivity index is 1.22. The van der Waals surface area contributed by atoms with Gasteiger partial charge in [-0.05, 0) is 56.4 Å². The molecule has 1 aromatic rings. The monoisotopic (exact) mass is 488 g/mol. The molecule has 3 aliphatic heterocycles. The van der Waals surface area contributed by atoms with Crippen LogP contribution in [0.1, 0.15) is 32.5 Å². The zero-order valence-electron chi connectivity index (χ0n) is 21.4. The highest BCUT2D eigenvalue weighted by Gasteiger charge is 2.30. The van der Waals surface area contributed by atoms with Gasteiger partial charge in [0.1, 0.15) is 17.7 Å². The van der Waals surface area contributed by atoms with Gasteiger partial charge < -0.3 is 9.80 Å². The lowest BCUT2D eigenvalue weighted by atomic mass is 10.0. The molecule has 0 atom stereocenters. The Labute approximate surface area is 213 Å². The molecule has 0 aromatic carbocycles. The molecular formula is C28H35FN7+. The number of aliphatic imine (C=N–C) groups is 1. The fraction of sp³-hybridized carbons (Fsp3) is 0.429. The van der Waals surface area contributed by atoms with Crippen LogP contribution in [0.15, 0.2) is 76.0 Å². The maximum Gasteiger partial charge on any atom is 0.357 e. The van der Waals surface area contributed by atoms with Crippen molar-refractivity contribution >= 4 is 23.2 Å². The summed E-state index contributed by atoms with van der Waals surface area (Å²) in [5.74, 6) is 0.557. The predicted molar refractivity (Wildman–Crippen MR) is 144 cm³/mol. The van der Waals surface area contributed by atoms with Crippen molar-refractivity contribution in [1.29, 1.82) is 0 Å². The van der Waals surface area contributed by atoms with Crippen molar-refractivity contribution in [3.63, 3.8) is 0 Å². The van der Waals surface area contributed by atoms with Crippen molar-refractivity contribution in [2.24, 2.45) is 10.1 Å². The van der Waals surface area contributed by atoms with E-state index in [2.05, 4.69) is 38.0 Å². The first-order valence-electron chi connectivity index (χ1n) is 12.8. The molecule has 7 nitrogen and oxygen atoms in total. The normalized spacial score (nSPS) is 25.3. The summed E-state index contributed by atoms with van der Waals surface area (Å²) in [6.07, 6.45) is 18.6. The minimum absolute atomic E-state index is 0.265. The molecule has 2 saturated heterocycles. The molecule has 2 fully saturated rings. The molecule has 1 aliphatic carbocycles. The lowest BCUT2D eigenvalue weighted by Crippen LogP contribution is -2.52. The van der Waals surface area contributed by atoms with E-state index in [1.807, 2.05) is 43.1 Å². The van der Waals surface area contributed by atoms with Crippen LogP contribution in [-0.2, 0) is 0 Å². The maximum atomic E-state index is 14.0. The highest BCUT2D eigenvalue weighted by molar-refractivity contribution is 6.10.